The minimum Gasteiger partial charge on any atom is -0.466 e. The maximum atomic E-state index is 11.2. The summed E-state index contributed by atoms with van der Waals surface area (Å²) in [5.41, 5.74) is 0.468. The molecule has 84 valence electrons. The first-order chi connectivity index (χ1) is 7.19. The maximum absolute atomic E-state index is 11.2. The van der Waals surface area contributed by atoms with Crippen LogP contribution in [0.1, 0.15) is 26.7 Å². The van der Waals surface area contributed by atoms with Gasteiger partial charge in [-0.05, 0) is 19.4 Å². The molecule has 0 radical (unpaired) electrons. The summed E-state index contributed by atoms with van der Waals surface area (Å²) in [5.74, 6) is -0.741. The second kappa shape index (κ2) is 7.91. The van der Waals surface area contributed by atoms with E-state index in [1.54, 1.807) is 19.9 Å². The van der Waals surface area contributed by atoms with Gasteiger partial charge in [0, 0.05) is 12.3 Å². The Morgan fingerprint density at radius 2 is 2.07 bits per heavy atom. The molecule has 15 heavy (non-hydrogen) atoms. The van der Waals surface area contributed by atoms with E-state index in [9.17, 15) is 14.4 Å². The van der Waals surface area contributed by atoms with Crippen molar-refractivity contribution in [2.45, 2.75) is 26.7 Å². The van der Waals surface area contributed by atoms with Crippen LogP contribution in [0.25, 0.3) is 0 Å². The number of ether oxygens (including phenoxy) is 1. The number of aldehydes is 2. The second-order valence-corrected chi connectivity index (χ2v) is 3.01. The molecule has 0 aliphatic rings. The normalized spacial score (nSPS) is 13.1. The second-order valence-electron chi connectivity index (χ2n) is 3.01. The summed E-state index contributed by atoms with van der Waals surface area (Å²) in [4.78, 5) is 32.2. The molecule has 0 spiro atoms. The smallest absolute Gasteiger partial charge is 0.306 e. The van der Waals surface area contributed by atoms with Gasteiger partial charge in [-0.1, -0.05) is 6.08 Å². The molecular formula is C11H16O4. The molecule has 0 bridgehead atoms. The molecule has 0 aromatic carbocycles. The first-order valence-corrected chi connectivity index (χ1v) is 4.90. The number of rotatable bonds is 7. The summed E-state index contributed by atoms with van der Waals surface area (Å²) in [6.45, 7) is 3.72. The van der Waals surface area contributed by atoms with Crippen LogP contribution in [0.3, 0.4) is 0 Å². The van der Waals surface area contributed by atoms with Crippen molar-refractivity contribution in [3.8, 4) is 0 Å². The zero-order valence-electron chi connectivity index (χ0n) is 9.06. The molecule has 0 aromatic heterocycles. The van der Waals surface area contributed by atoms with E-state index in [-0.39, 0.29) is 24.7 Å². The maximum Gasteiger partial charge on any atom is 0.306 e. The monoisotopic (exact) mass is 212 g/mol. The lowest BCUT2D eigenvalue weighted by Gasteiger charge is -2.12. The van der Waals surface area contributed by atoms with Crippen molar-refractivity contribution in [3.63, 3.8) is 0 Å². The standard InChI is InChI=1S/C11H16O4/c1-3-9(8-13)10(5-6-12)7-11(14)15-4-2/h3,6,8,10H,4-5,7H2,1-2H3/b9-3-/t10-/m0/s1. The fourth-order valence-corrected chi connectivity index (χ4v) is 1.27. The Kier molecular flexibility index (Phi) is 7.14. The SMILES string of the molecule is C/C=C(/C=O)[C@@H](CC=O)CC(=O)OCC. The van der Waals surface area contributed by atoms with E-state index in [0.29, 0.717) is 24.8 Å². The van der Waals surface area contributed by atoms with E-state index in [1.807, 2.05) is 0 Å². The molecule has 0 saturated carbocycles. The van der Waals surface area contributed by atoms with Gasteiger partial charge in [0.15, 0.2) is 0 Å². The largest absolute Gasteiger partial charge is 0.466 e. The predicted octanol–water partition coefficient (Wildman–Crippen LogP) is 1.29. The molecule has 1 atom stereocenters. The van der Waals surface area contributed by atoms with E-state index in [2.05, 4.69) is 0 Å². The van der Waals surface area contributed by atoms with Gasteiger partial charge < -0.3 is 9.53 Å². The molecular weight excluding hydrogens is 196 g/mol. The van der Waals surface area contributed by atoms with Gasteiger partial charge in [0.05, 0.1) is 13.0 Å². The zero-order valence-corrected chi connectivity index (χ0v) is 9.06. The van der Waals surface area contributed by atoms with Crippen molar-refractivity contribution < 1.29 is 19.1 Å². The van der Waals surface area contributed by atoms with Crippen molar-refractivity contribution in [1.29, 1.82) is 0 Å². The molecule has 4 heteroatoms. The predicted molar refractivity (Wildman–Crippen MR) is 55.2 cm³/mol. The van der Waals surface area contributed by atoms with E-state index in [0.717, 1.165) is 0 Å². The Morgan fingerprint density at radius 1 is 1.40 bits per heavy atom. The van der Waals surface area contributed by atoms with Crippen LogP contribution in [-0.4, -0.2) is 25.1 Å². The average Bonchev–Trinajstić information content (AvgIpc) is 2.20. The molecule has 0 unspecified atom stereocenters. The van der Waals surface area contributed by atoms with Crippen LogP contribution in [0.15, 0.2) is 11.6 Å². The average molecular weight is 212 g/mol. The van der Waals surface area contributed by atoms with Gasteiger partial charge >= 0.3 is 5.97 Å². The summed E-state index contributed by atoms with van der Waals surface area (Å²) >= 11 is 0. The summed E-state index contributed by atoms with van der Waals surface area (Å²) in [5, 5.41) is 0. The number of esters is 1. The highest BCUT2D eigenvalue weighted by Gasteiger charge is 2.17. The summed E-state index contributed by atoms with van der Waals surface area (Å²) in [6, 6.07) is 0. The first kappa shape index (κ1) is 13.5. The van der Waals surface area contributed by atoms with E-state index >= 15 is 0 Å². The molecule has 0 fully saturated rings. The van der Waals surface area contributed by atoms with E-state index in [1.165, 1.54) is 0 Å². The number of carbonyl (C=O) groups excluding carboxylic acids is 3. The minimum atomic E-state index is -0.384. The van der Waals surface area contributed by atoms with Crippen LogP contribution in [-0.2, 0) is 19.1 Å². The summed E-state index contributed by atoms with van der Waals surface area (Å²) in [7, 11) is 0. The molecule has 0 amide bonds. The fourth-order valence-electron chi connectivity index (χ4n) is 1.27. The lowest BCUT2D eigenvalue weighted by molar-refractivity contribution is -0.143. The number of allylic oxidation sites excluding steroid dienone is 2. The molecule has 4 nitrogen and oxygen atoms in total. The van der Waals surface area contributed by atoms with E-state index in [4.69, 9.17) is 4.74 Å². The van der Waals surface area contributed by atoms with Crippen molar-refractivity contribution in [2.24, 2.45) is 5.92 Å². The highest BCUT2D eigenvalue weighted by Crippen LogP contribution is 2.17. The third-order valence-corrected chi connectivity index (χ3v) is 2.04. The van der Waals surface area contributed by atoms with Gasteiger partial charge in [-0.3, -0.25) is 9.59 Å². The number of carbonyl (C=O) groups is 3. The Morgan fingerprint density at radius 3 is 2.47 bits per heavy atom. The summed E-state index contributed by atoms with van der Waals surface area (Å²) in [6.07, 6.45) is 3.23. The highest BCUT2D eigenvalue weighted by molar-refractivity contribution is 5.78. The van der Waals surface area contributed by atoms with Crippen LogP contribution in [0.5, 0.6) is 0 Å². The molecule has 0 aliphatic heterocycles. The van der Waals surface area contributed by atoms with Crippen molar-refractivity contribution in [1.82, 2.24) is 0 Å². The third-order valence-electron chi connectivity index (χ3n) is 2.04. The number of hydrogen-bond acceptors (Lipinski definition) is 4. The molecule has 0 N–H and O–H groups in total. The van der Waals surface area contributed by atoms with Gasteiger partial charge in [-0.15, -0.1) is 0 Å². The van der Waals surface area contributed by atoms with Gasteiger partial charge in [-0.25, -0.2) is 0 Å². The lowest BCUT2D eigenvalue weighted by atomic mass is 9.93. The Balaban J connectivity index is 4.45. The molecule has 0 aromatic rings. The van der Waals surface area contributed by atoms with Gasteiger partial charge in [-0.2, -0.15) is 0 Å². The molecule has 0 saturated heterocycles. The van der Waals surface area contributed by atoms with Gasteiger partial charge in [0.25, 0.3) is 0 Å². The first-order valence-electron chi connectivity index (χ1n) is 4.90. The molecule has 0 heterocycles. The highest BCUT2D eigenvalue weighted by atomic mass is 16.5. The third kappa shape index (κ3) is 5.10. The van der Waals surface area contributed by atoms with Crippen LogP contribution in [0, 0.1) is 5.92 Å². The van der Waals surface area contributed by atoms with Crippen LogP contribution >= 0.6 is 0 Å². The van der Waals surface area contributed by atoms with Gasteiger partial charge in [0.1, 0.15) is 12.6 Å². The van der Waals surface area contributed by atoms with Crippen molar-refractivity contribution in [2.75, 3.05) is 6.61 Å². The minimum absolute atomic E-state index is 0.0744. The lowest BCUT2D eigenvalue weighted by Crippen LogP contribution is -2.14. The zero-order chi connectivity index (χ0) is 11.7. The quantitative estimate of drug-likeness (QED) is 0.362. The Labute approximate surface area is 89.3 Å². The van der Waals surface area contributed by atoms with Crippen LogP contribution in [0.2, 0.25) is 0 Å². The molecule has 0 rings (SSSR count). The van der Waals surface area contributed by atoms with Crippen molar-refractivity contribution >= 4 is 18.5 Å². The Hall–Kier alpha value is -1.45. The van der Waals surface area contributed by atoms with Crippen LogP contribution < -0.4 is 0 Å². The van der Waals surface area contributed by atoms with Crippen LogP contribution in [0.4, 0.5) is 0 Å². The molecule has 0 aliphatic carbocycles. The van der Waals surface area contributed by atoms with Gasteiger partial charge in [0.2, 0.25) is 0 Å². The summed E-state index contributed by atoms with van der Waals surface area (Å²) < 4.78 is 4.76. The van der Waals surface area contributed by atoms with E-state index < -0.39 is 0 Å². The fraction of sp³-hybridized carbons (Fsp3) is 0.545. The number of hydrogen-bond donors (Lipinski definition) is 0. The Bertz CT molecular complexity index is 255. The topological polar surface area (TPSA) is 60.4 Å². The van der Waals surface area contributed by atoms with Crippen molar-refractivity contribution in [3.05, 3.63) is 11.6 Å².